The highest BCUT2D eigenvalue weighted by Gasteiger charge is 2.16. The van der Waals surface area contributed by atoms with Gasteiger partial charge in [-0.15, -0.1) is 0 Å². The van der Waals surface area contributed by atoms with Gasteiger partial charge in [0.25, 0.3) is 5.91 Å². The van der Waals surface area contributed by atoms with Crippen LogP contribution in [0.4, 0.5) is 5.13 Å². The fraction of sp³-hybridized carbons (Fsp3) is 0.148. The molecule has 7 heteroatoms. The summed E-state index contributed by atoms with van der Waals surface area (Å²) in [5, 5.41) is 4.30. The van der Waals surface area contributed by atoms with Gasteiger partial charge in [0.05, 0.1) is 40.2 Å². The van der Waals surface area contributed by atoms with Gasteiger partial charge in [-0.05, 0) is 68.4 Å². The minimum absolute atomic E-state index is 0.227. The number of carbonyl (C=O) groups is 1. The van der Waals surface area contributed by atoms with Crippen LogP contribution in [0.5, 0.6) is 11.5 Å². The molecule has 0 saturated carbocycles. The van der Waals surface area contributed by atoms with Crippen LogP contribution < -0.4 is 14.8 Å². The third-order valence-electron chi connectivity index (χ3n) is 5.31. The molecule has 0 bridgehead atoms. The number of hydrogen-bond donors (Lipinski definition) is 1. The summed E-state index contributed by atoms with van der Waals surface area (Å²) in [7, 11) is 0. The zero-order chi connectivity index (χ0) is 23.5. The summed E-state index contributed by atoms with van der Waals surface area (Å²) in [6.07, 6.45) is 0. The first-order valence-electron chi connectivity index (χ1n) is 11.1. The lowest BCUT2D eigenvalue weighted by Gasteiger charge is -2.10. The topological polar surface area (TPSA) is 73.3 Å². The maximum atomic E-state index is 13.4. The summed E-state index contributed by atoms with van der Waals surface area (Å²) in [5.74, 6) is 1.36. The first kappa shape index (κ1) is 21.9. The van der Waals surface area contributed by atoms with Crippen molar-refractivity contribution in [3.05, 3.63) is 78.4 Å². The molecule has 170 valence electrons. The number of fused-ring (bicyclic) bond motifs is 2. The molecule has 5 aromatic rings. The molecule has 0 spiro atoms. The Labute approximate surface area is 201 Å². The monoisotopic (exact) mass is 469 g/mol. The van der Waals surface area contributed by atoms with E-state index in [1.165, 1.54) is 11.3 Å². The highest BCUT2D eigenvalue weighted by atomic mass is 32.1. The zero-order valence-corrected chi connectivity index (χ0v) is 19.7. The van der Waals surface area contributed by atoms with Crippen LogP contribution in [0.1, 0.15) is 24.2 Å². The van der Waals surface area contributed by atoms with Crippen molar-refractivity contribution in [2.24, 2.45) is 0 Å². The minimum Gasteiger partial charge on any atom is -0.494 e. The van der Waals surface area contributed by atoms with Gasteiger partial charge in [0.2, 0.25) is 0 Å². The summed E-state index contributed by atoms with van der Waals surface area (Å²) in [4.78, 5) is 22.7. The van der Waals surface area contributed by atoms with E-state index in [2.05, 4.69) is 10.3 Å². The van der Waals surface area contributed by atoms with Gasteiger partial charge >= 0.3 is 0 Å². The summed E-state index contributed by atoms with van der Waals surface area (Å²) in [5.41, 5.74) is 3.75. The molecule has 6 nitrogen and oxygen atoms in total. The van der Waals surface area contributed by atoms with Crippen LogP contribution in [0, 0.1) is 0 Å². The van der Waals surface area contributed by atoms with Crippen molar-refractivity contribution < 1.29 is 14.3 Å². The number of anilines is 1. The van der Waals surface area contributed by atoms with Crippen molar-refractivity contribution in [3.8, 4) is 22.8 Å². The molecule has 0 aliphatic heterocycles. The molecule has 0 aliphatic carbocycles. The number of nitrogens with one attached hydrogen (secondary N) is 1. The van der Waals surface area contributed by atoms with E-state index in [0.717, 1.165) is 43.9 Å². The Morgan fingerprint density at radius 1 is 0.853 bits per heavy atom. The number of nitrogens with zero attached hydrogens (tertiary/aromatic N) is 2. The lowest BCUT2D eigenvalue weighted by Crippen LogP contribution is -2.13. The van der Waals surface area contributed by atoms with E-state index in [0.29, 0.717) is 23.9 Å². The van der Waals surface area contributed by atoms with E-state index < -0.39 is 0 Å². The Hall–Kier alpha value is -3.97. The lowest BCUT2D eigenvalue weighted by atomic mass is 10.0. The number of amides is 1. The third kappa shape index (κ3) is 4.43. The largest absolute Gasteiger partial charge is 0.494 e. The third-order valence-corrected chi connectivity index (χ3v) is 6.25. The van der Waals surface area contributed by atoms with E-state index in [4.69, 9.17) is 14.5 Å². The highest BCUT2D eigenvalue weighted by molar-refractivity contribution is 7.22. The van der Waals surface area contributed by atoms with Crippen molar-refractivity contribution in [2.45, 2.75) is 13.8 Å². The fourth-order valence-electron chi connectivity index (χ4n) is 3.78. The Morgan fingerprint density at radius 3 is 2.38 bits per heavy atom. The van der Waals surface area contributed by atoms with Gasteiger partial charge in [-0.25, -0.2) is 9.97 Å². The predicted molar refractivity (Wildman–Crippen MR) is 137 cm³/mol. The minimum atomic E-state index is -0.227. The Bertz CT molecular complexity index is 1480. The van der Waals surface area contributed by atoms with Crippen LogP contribution in [-0.4, -0.2) is 29.1 Å². The van der Waals surface area contributed by atoms with Crippen molar-refractivity contribution in [1.29, 1.82) is 0 Å². The number of para-hydroxylation sites is 1. The molecule has 2 heterocycles. The summed E-state index contributed by atoms with van der Waals surface area (Å²) < 4.78 is 12.1. The Kier molecular flexibility index (Phi) is 6.10. The van der Waals surface area contributed by atoms with Crippen LogP contribution in [0.15, 0.2) is 72.8 Å². The van der Waals surface area contributed by atoms with Gasteiger partial charge in [0.1, 0.15) is 11.5 Å². The summed E-state index contributed by atoms with van der Waals surface area (Å²) in [6.45, 7) is 5.10. The molecule has 3 aromatic carbocycles. The van der Waals surface area contributed by atoms with Gasteiger partial charge in [-0.3, -0.25) is 10.1 Å². The normalized spacial score (nSPS) is 11.0. The molecule has 2 aromatic heterocycles. The van der Waals surface area contributed by atoms with Crippen molar-refractivity contribution >= 4 is 43.5 Å². The van der Waals surface area contributed by atoms with Crippen LogP contribution >= 0.6 is 11.3 Å². The first-order valence-corrected chi connectivity index (χ1v) is 11.9. The number of carbonyl (C=O) groups excluding carboxylic acids is 1. The van der Waals surface area contributed by atoms with Crippen molar-refractivity contribution in [3.63, 3.8) is 0 Å². The molecule has 1 amide bonds. The lowest BCUT2D eigenvalue weighted by molar-refractivity contribution is 0.102. The first-order chi connectivity index (χ1) is 16.6. The van der Waals surface area contributed by atoms with Crippen LogP contribution in [0.2, 0.25) is 0 Å². The number of thiazole rings is 1. The standard InChI is InChI=1S/C27H23N3O3S/c1-3-32-18-11-9-17(10-12-18)24-16-21(20-7-5-6-8-22(20)28-24)26(31)30-27-29-23-14-13-19(33-4-2)15-25(23)34-27/h5-16H,3-4H2,1-2H3,(H,29,30,31). The number of rotatable bonds is 7. The molecule has 0 atom stereocenters. The second kappa shape index (κ2) is 9.49. The smallest absolute Gasteiger partial charge is 0.258 e. The number of aromatic nitrogens is 2. The average molecular weight is 470 g/mol. The average Bonchev–Trinajstić information content (AvgIpc) is 3.25. The number of hydrogen-bond acceptors (Lipinski definition) is 6. The number of benzene rings is 3. The van der Waals surface area contributed by atoms with E-state index in [9.17, 15) is 4.79 Å². The molecule has 0 fully saturated rings. The van der Waals surface area contributed by atoms with Crippen molar-refractivity contribution in [1.82, 2.24) is 9.97 Å². The van der Waals surface area contributed by atoms with Gasteiger partial charge in [0, 0.05) is 10.9 Å². The van der Waals surface area contributed by atoms with E-state index >= 15 is 0 Å². The SMILES string of the molecule is CCOc1ccc(-c2cc(C(=O)Nc3nc4ccc(OCC)cc4s3)c3ccccc3n2)cc1. The quantitative estimate of drug-likeness (QED) is 0.292. The molecule has 0 aliphatic rings. The molecular weight excluding hydrogens is 446 g/mol. The Morgan fingerprint density at radius 2 is 1.59 bits per heavy atom. The second-order valence-electron chi connectivity index (χ2n) is 7.57. The molecule has 5 rings (SSSR count). The molecule has 0 radical (unpaired) electrons. The molecule has 0 saturated heterocycles. The predicted octanol–water partition coefficient (Wildman–Crippen LogP) is 6.56. The van der Waals surface area contributed by atoms with E-state index in [-0.39, 0.29) is 5.91 Å². The van der Waals surface area contributed by atoms with Gasteiger partial charge in [-0.1, -0.05) is 29.5 Å². The molecule has 0 unspecified atom stereocenters. The van der Waals surface area contributed by atoms with E-state index in [1.807, 2.05) is 86.6 Å². The van der Waals surface area contributed by atoms with Crippen LogP contribution in [0.25, 0.3) is 32.4 Å². The van der Waals surface area contributed by atoms with Gasteiger partial charge < -0.3 is 9.47 Å². The second-order valence-corrected chi connectivity index (χ2v) is 8.60. The Balaban J connectivity index is 1.49. The fourth-order valence-corrected chi connectivity index (χ4v) is 4.67. The van der Waals surface area contributed by atoms with Crippen molar-refractivity contribution in [2.75, 3.05) is 18.5 Å². The van der Waals surface area contributed by atoms with Crippen LogP contribution in [-0.2, 0) is 0 Å². The van der Waals surface area contributed by atoms with E-state index in [1.54, 1.807) is 0 Å². The maximum absolute atomic E-state index is 13.4. The van der Waals surface area contributed by atoms with Gasteiger partial charge in [-0.2, -0.15) is 0 Å². The summed E-state index contributed by atoms with van der Waals surface area (Å²) in [6, 6.07) is 22.9. The number of ether oxygens (including phenoxy) is 2. The van der Waals surface area contributed by atoms with Crippen LogP contribution in [0.3, 0.4) is 0 Å². The van der Waals surface area contributed by atoms with Gasteiger partial charge in [0.15, 0.2) is 5.13 Å². The molecule has 1 N–H and O–H groups in total. The highest BCUT2D eigenvalue weighted by Crippen LogP contribution is 2.31. The molecular formula is C27H23N3O3S. The maximum Gasteiger partial charge on any atom is 0.258 e. The number of pyridine rings is 1. The zero-order valence-electron chi connectivity index (χ0n) is 18.9. The summed E-state index contributed by atoms with van der Waals surface area (Å²) >= 11 is 1.42. The molecule has 34 heavy (non-hydrogen) atoms.